The van der Waals surface area contributed by atoms with Crippen LogP contribution in [0.2, 0.25) is 0 Å². The van der Waals surface area contributed by atoms with Gasteiger partial charge in [0.1, 0.15) is 5.82 Å². The van der Waals surface area contributed by atoms with Crippen molar-refractivity contribution in [3.8, 4) is 0 Å². The van der Waals surface area contributed by atoms with Crippen LogP contribution in [-0.2, 0) is 4.74 Å². The van der Waals surface area contributed by atoms with Gasteiger partial charge in [0.2, 0.25) is 0 Å². The number of carbonyl (C=O) groups is 2. The molecule has 2 amide bonds. The van der Waals surface area contributed by atoms with Gasteiger partial charge in [0, 0.05) is 32.7 Å². The highest BCUT2D eigenvalue weighted by Crippen LogP contribution is 2.20. The summed E-state index contributed by atoms with van der Waals surface area (Å²) in [4.78, 5) is 27.6. The van der Waals surface area contributed by atoms with E-state index in [1.165, 1.54) is 31.3 Å². The van der Waals surface area contributed by atoms with E-state index in [9.17, 15) is 9.59 Å². The average Bonchev–Trinajstić information content (AvgIpc) is 2.75. The monoisotopic (exact) mass is 387 g/mol. The minimum Gasteiger partial charge on any atom is -0.450 e. The molecule has 1 aliphatic carbocycles. The second kappa shape index (κ2) is 10.1. The topological polar surface area (TPSA) is 87.7 Å². The second-order valence-electron chi connectivity index (χ2n) is 7.07. The van der Waals surface area contributed by atoms with Gasteiger partial charge in [-0.1, -0.05) is 11.6 Å². The third-order valence-corrected chi connectivity index (χ3v) is 5.11. The summed E-state index contributed by atoms with van der Waals surface area (Å²) in [5.74, 6) is 0.523. The zero-order valence-electron chi connectivity index (χ0n) is 16.5. The van der Waals surface area contributed by atoms with Crippen molar-refractivity contribution in [3.63, 3.8) is 0 Å². The van der Waals surface area contributed by atoms with Crippen LogP contribution in [-0.4, -0.2) is 71.3 Å². The fourth-order valence-electron chi connectivity index (χ4n) is 3.49. The molecule has 1 saturated heterocycles. The van der Waals surface area contributed by atoms with Gasteiger partial charge in [-0.15, -0.1) is 10.2 Å². The fraction of sp³-hybridized carbons (Fsp3) is 0.600. The van der Waals surface area contributed by atoms with Crippen molar-refractivity contribution < 1.29 is 14.3 Å². The number of allylic oxidation sites excluding steroid dienone is 1. The third kappa shape index (κ3) is 5.43. The van der Waals surface area contributed by atoms with Crippen molar-refractivity contribution in [1.82, 2.24) is 20.0 Å². The number of ether oxygens (including phenoxy) is 1. The lowest BCUT2D eigenvalue weighted by Gasteiger charge is -2.33. The summed E-state index contributed by atoms with van der Waals surface area (Å²) < 4.78 is 5.00. The molecular formula is C20H29N5O3. The van der Waals surface area contributed by atoms with Crippen molar-refractivity contribution in [1.29, 1.82) is 0 Å². The van der Waals surface area contributed by atoms with Crippen LogP contribution in [0, 0.1) is 0 Å². The van der Waals surface area contributed by atoms with Gasteiger partial charge in [0.25, 0.3) is 5.91 Å². The largest absolute Gasteiger partial charge is 0.450 e. The highest BCUT2D eigenvalue weighted by molar-refractivity contribution is 5.92. The van der Waals surface area contributed by atoms with Crippen LogP contribution >= 0.6 is 0 Å². The Kier molecular flexibility index (Phi) is 7.22. The summed E-state index contributed by atoms with van der Waals surface area (Å²) in [5, 5.41) is 11.5. The Balaban J connectivity index is 1.44. The minimum atomic E-state index is -0.325. The second-order valence-corrected chi connectivity index (χ2v) is 7.07. The molecule has 0 unspecified atom stereocenters. The number of nitrogens with one attached hydrogen (secondary N) is 1. The molecule has 1 aromatic rings. The number of hydrogen-bond donors (Lipinski definition) is 1. The summed E-state index contributed by atoms with van der Waals surface area (Å²) in [6.07, 6.45) is 8.03. The van der Waals surface area contributed by atoms with E-state index in [2.05, 4.69) is 21.6 Å². The van der Waals surface area contributed by atoms with Gasteiger partial charge in [-0.2, -0.15) is 0 Å². The van der Waals surface area contributed by atoms with Gasteiger partial charge in [0.05, 0.1) is 6.61 Å². The van der Waals surface area contributed by atoms with Crippen molar-refractivity contribution in [2.24, 2.45) is 0 Å². The fourth-order valence-corrected chi connectivity index (χ4v) is 3.49. The van der Waals surface area contributed by atoms with Gasteiger partial charge < -0.3 is 19.9 Å². The lowest BCUT2D eigenvalue weighted by molar-refractivity contribution is 0.0565. The first-order valence-corrected chi connectivity index (χ1v) is 10.1. The Morgan fingerprint density at radius 2 is 1.89 bits per heavy atom. The molecule has 8 nitrogen and oxygen atoms in total. The Morgan fingerprint density at radius 1 is 1.11 bits per heavy atom. The van der Waals surface area contributed by atoms with Gasteiger partial charge in [0.15, 0.2) is 5.69 Å². The maximum atomic E-state index is 12.6. The van der Waals surface area contributed by atoms with Crippen LogP contribution in [0.15, 0.2) is 23.8 Å². The van der Waals surface area contributed by atoms with Crippen LogP contribution in [0.25, 0.3) is 0 Å². The SMILES string of the molecule is CCOC(=O)N1CCN(C(=O)c2ccc(NCCC3=CCCCC3)nn2)CC1. The van der Waals surface area contributed by atoms with E-state index in [1.54, 1.807) is 28.9 Å². The summed E-state index contributed by atoms with van der Waals surface area (Å²) in [6.45, 7) is 4.82. The van der Waals surface area contributed by atoms with E-state index < -0.39 is 0 Å². The molecular weight excluding hydrogens is 358 g/mol. The first-order chi connectivity index (χ1) is 13.7. The predicted molar refractivity (Wildman–Crippen MR) is 106 cm³/mol. The molecule has 0 bridgehead atoms. The molecule has 0 radical (unpaired) electrons. The summed E-state index contributed by atoms with van der Waals surface area (Å²) in [6, 6.07) is 3.50. The minimum absolute atomic E-state index is 0.157. The molecule has 1 aromatic heterocycles. The maximum absolute atomic E-state index is 12.6. The molecule has 2 aliphatic rings. The first kappa shape index (κ1) is 20.1. The Labute approximate surface area is 165 Å². The number of nitrogens with zero attached hydrogens (tertiary/aromatic N) is 4. The average molecular weight is 387 g/mol. The number of rotatable bonds is 6. The molecule has 8 heteroatoms. The number of amides is 2. The van der Waals surface area contributed by atoms with Crippen LogP contribution in [0.3, 0.4) is 0 Å². The molecule has 0 spiro atoms. The van der Waals surface area contributed by atoms with E-state index >= 15 is 0 Å². The Hall–Kier alpha value is -2.64. The predicted octanol–water partition coefficient (Wildman–Crippen LogP) is 2.69. The lowest BCUT2D eigenvalue weighted by atomic mass is 9.97. The first-order valence-electron chi connectivity index (χ1n) is 10.1. The number of carbonyl (C=O) groups excluding carboxylic acids is 2. The number of hydrogen-bond acceptors (Lipinski definition) is 6. The zero-order chi connectivity index (χ0) is 19.8. The third-order valence-electron chi connectivity index (χ3n) is 5.11. The van der Waals surface area contributed by atoms with Crippen LogP contribution in [0.5, 0.6) is 0 Å². The van der Waals surface area contributed by atoms with Gasteiger partial charge in [-0.25, -0.2) is 4.79 Å². The van der Waals surface area contributed by atoms with Crippen LogP contribution in [0.1, 0.15) is 49.5 Å². The Bertz CT molecular complexity index is 696. The summed E-state index contributed by atoms with van der Waals surface area (Å²) in [7, 11) is 0. The molecule has 0 aromatic carbocycles. The van der Waals surface area contributed by atoms with Crippen molar-refractivity contribution in [2.45, 2.75) is 39.0 Å². The molecule has 1 aliphatic heterocycles. The molecule has 28 heavy (non-hydrogen) atoms. The normalized spacial score (nSPS) is 17.1. The molecule has 0 saturated carbocycles. The highest BCUT2D eigenvalue weighted by Gasteiger charge is 2.26. The van der Waals surface area contributed by atoms with Gasteiger partial charge in [-0.3, -0.25) is 4.79 Å². The maximum Gasteiger partial charge on any atom is 0.409 e. The van der Waals surface area contributed by atoms with Gasteiger partial charge >= 0.3 is 6.09 Å². The molecule has 2 heterocycles. The summed E-state index contributed by atoms with van der Waals surface area (Å²) in [5.41, 5.74) is 1.84. The van der Waals surface area contributed by atoms with Crippen molar-refractivity contribution in [3.05, 3.63) is 29.5 Å². The molecule has 0 atom stereocenters. The number of piperazine rings is 1. The smallest absolute Gasteiger partial charge is 0.409 e. The van der Waals surface area contributed by atoms with E-state index in [0.717, 1.165) is 13.0 Å². The summed E-state index contributed by atoms with van der Waals surface area (Å²) >= 11 is 0. The van der Waals surface area contributed by atoms with E-state index in [0.29, 0.717) is 44.3 Å². The molecule has 1 fully saturated rings. The number of aromatic nitrogens is 2. The van der Waals surface area contributed by atoms with Crippen molar-refractivity contribution >= 4 is 17.8 Å². The van der Waals surface area contributed by atoms with Gasteiger partial charge in [-0.05, 0) is 51.2 Å². The molecule has 152 valence electrons. The highest BCUT2D eigenvalue weighted by atomic mass is 16.6. The van der Waals surface area contributed by atoms with Crippen LogP contribution in [0.4, 0.5) is 10.6 Å². The molecule has 3 rings (SSSR count). The van der Waals surface area contributed by atoms with Crippen LogP contribution < -0.4 is 5.32 Å². The zero-order valence-corrected chi connectivity index (χ0v) is 16.5. The number of anilines is 1. The standard InChI is InChI=1S/C20H29N5O3/c1-2-28-20(27)25-14-12-24(13-15-25)19(26)17-8-9-18(23-22-17)21-11-10-16-6-4-3-5-7-16/h6,8-9H,2-5,7,10-15H2,1H3,(H,21,23). The Morgan fingerprint density at radius 3 is 2.54 bits per heavy atom. The van der Waals surface area contributed by atoms with E-state index in [1.807, 2.05) is 0 Å². The quantitative estimate of drug-likeness (QED) is 0.755. The lowest BCUT2D eigenvalue weighted by Crippen LogP contribution is -2.50. The van der Waals surface area contributed by atoms with E-state index in [-0.39, 0.29) is 12.0 Å². The molecule has 1 N–H and O–H groups in total. The van der Waals surface area contributed by atoms with Crippen molar-refractivity contribution in [2.75, 3.05) is 44.6 Å². The van der Waals surface area contributed by atoms with E-state index in [4.69, 9.17) is 4.74 Å².